The highest BCUT2D eigenvalue weighted by Crippen LogP contribution is 2.28. The number of nitrogens with one attached hydrogen (secondary N) is 2. The summed E-state index contributed by atoms with van der Waals surface area (Å²) in [5.41, 5.74) is 2.97. The molecule has 2 heterocycles. The fourth-order valence-electron chi connectivity index (χ4n) is 5.18. The lowest BCUT2D eigenvalue weighted by Crippen LogP contribution is -2.23. The molecule has 216 valence electrons. The topological polar surface area (TPSA) is 135 Å². The van der Waals surface area contributed by atoms with E-state index in [4.69, 9.17) is 0 Å². The Morgan fingerprint density at radius 3 is 2.51 bits per heavy atom. The third-order valence-electron chi connectivity index (χ3n) is 7.52. The molecule has 5 rings (SSSR count). The Kier molecular flexibility index (Phi) is 9.71. The molecule has 41 heavy (non-hydrogen) atoms. The van der Waals surface area contributed by atoms with E-state index in [-0.39, 0.29) is 4.90 Å². The third kappa shape index (κ3) is 8.18. The van der Waals surface area contributed by atoms with Gasteiger partial charge in [0, 0.05) is 36.6 Å². The molecule has 4 aromatic rings. The van der Waals surface area contributed by atoms with Crippen LogP contribution in [0.25, 0.3) is 5.69 Å². The second kappa shape index (κ2) is 13.8. The lowest BCUT2D eigenvalue weighted by Gasteiger charge is -2.12. The zero-order valence-corrected chi connectivity index (χ0v) is 23.9. The smallest absolute Gasteiger partial charge is 0.261 e. The average Bonchev–Trinajstić information content (AvgIpc) is 3.69. The number of sulfonamides is 1. The molecule has 0 amide bonds. The van der Waals surface area contributed by atoms with E-state index in [9.17, 15) is 13.5 Å². The van der Waals surface area contributed by atoms with Crippen molar-refractivity contribution in [3.63, 3.8) is 0 Å². The maximum Gasteiger partial charge on any atom is 0.261 e. The van der Waals surface area contributed by atoms with Crippen LogP contribution in [0.15, 0.2) is 78.0 Å². The van der Waals surface area contributed by atoms with Crippen LogP contribution in [0.5, 0.6) is 0 Å². The Balaban J connectivity index is 1.08. The first-order valence-electron chi connectivity index (χ1n) is 14.3. The Morgan fingerprint density at radius 2 is 1.78 bits per heavy atom. The van der Waals surface area contributed by atoms with Crippen LogP contribution in [-0.4, -0.2) is 51.8 Å². The summed E-state index contributed by atoms with van der Waals surface area (Å²) in [4.78, 5) is 5.62. The third-order valence-corrected chi connectivity index (χ3v) is 8.92. The minimum absolute atomic E-state index is 0.151. The van der Waals surface area contributed by atoms with E-state index in [1.54, 1.807) is 54.9 Å². The quantitative estimate of drug-likeness (QED) is 0.190. The van der Waals surface area contributed by atoms with Crippen molar-refractivity contribution in [2.45, 2.75) is 62.4 Å². The van der Waals surface area contributed by atoms with Crippen LogP contribution in [-0.2, 0) is 22.9 Å². The molecule has 2 aromatic heterocycles. The highest BCUT2D eigenvalue weighted by molar-refractivity contribution is 7.92. The van der Waals surface area contributed by atoms with Crippen molar-refractivity contribution < 1.29 is 13.5 Å². The first kappa shape index (κ1) is 28.8. The zero-order chi connectivity index (χ0) is 28.5. The number of rotatable bonds is 14. The lowest BCUT2D eigenvalue weighted by molar-refractivity contribution is 0.174. The highest BCUT2D eigenvalue weighted by atomic mass is 32.2. The van der Waals surface area contributed by atoms with Crippen molar-refractivity contribution in [3.05, 3.63) is 90.0 Å². The van der Waals surface area contributed by atoms with Crippen LogP contribution in [0, 0.1) is 5.92 Å². The number of hydrogen-bond donors (Lipinski definition) is 3. The van der Waals surface area contributed by atoms with E-state index in [1.807, 2.05) is 18.2 Å². The predicted octanol–water partition coefficient (Wildman–Crippen LogP) is 4.24. The minimum Gasteiger partial charge on any atom is -0.387 e. The Bertz CT molecular complexity index is 1470. The average molecular weight is 576 g/mol. The molecule has 10 nitrogen and oxygen atoms in total. The Labute approximate surface area is 241 Å². The largest absolute Gasteiger partial charge is 0.387 e. The maximum absolute atomic E-state index is 13.0. The number of hydrogen-bond acceptors (Lipinski definition) is 8. The van der Waals surface area contributed by atoms with Gasteiger partial charge in [0.15, 0.2) is 5.82 Å². The van der Waals surface area contributed by atoms with Crippen molar-refractivity contribution in [1.29, 1.82) is 0 Å². The summed E-state index contributed by atoms with van der Waals surface area (Å²) in [5, 5.41) is 26.2. The van der Waals surface area contributed by atoms with Gasteiger partial charge in [0.2, 0.25) is 0 Å². The van der Waals surface area contributed by atoms with Crippen molar-refractivity contribution in [2.75, 3.05) is 17.8 Å². The fraction of sp³-hybridized carbons (Fsp3) is 0.400. The molecular formula is C30H37N7O3S. The van der Waals surface area contributed by atoms with E-state index in [0.29, 0.717) is 30.3 Å². The molecule has 0 radical (unpaired) electrons. The van der Waals surface area contributed by atoms with Crippen molar-refractivity contribution in [2.24, 2.45) is 5.92 Å². The summed E-state index contributed by atoms with van der Waals surface area (Å²) in [6.45, 7) is 1.11. The first-order valence-corrected chi connectivity index (χ1v) is 15.7. The number of tetrazole rings is 1. The van der Waals surface area contributed by atoms with Gasteiger partial charge in [-0.25, -0.2) is 8.42 Å². The first-order chi connectivity index (χ1) is 20.0. The second-order valence-corrected chi connectivity index (χ2v) is 12.3. The minimum atomic E-state index is -3.76. The van der Waals surface area contributed by atoms with Gasteiger partial charge in [-0.3, -0.25) is 9.71 Å². The van der Waals surface area contributed by atoms with Gasteiger partial charge in [-0.1, -0.05) is 50.3 Å². The summed E-state index contributed by atoms with van der Waals surface area (Å²) < 4.78 is 28.6. The SMILES string of the molecule is O=S(=O)(Nc1ccc(CCNCC(O)c2cccnc2)cc1)c1ccc(-n2nnc(CCCC3CCCC3)n2)cc1. The molecule has 0 aliphatic heterocycles. The van der Waals surface area contributed by atoms with Gasteiger partial charge in [0.1, 0.15) is 0 Å². The van der Waals surface area contributed by atoms with Gasteiger partial charge < -0.3 is 10.4 Å². The van der Waals surface area contributed by atoms with Crippen molar-refractivity contribution in [3.8, 4) is 5.69 Å². The molecule has 11 heteroatoms. The molecule has 1 saturated carbocycles. The number of aromatic nitrogens is 5. The predicted molar refractivity (Wildman–Crippen MR) is 157 cm³/mol. The molecule has 0 bridgehead atoms. The maximum atomic E-state index is 13.0. The normalized spacial score (nSPS) is 14.8. The van der Waals surface area contributed by atoms with Gasteiger partial charge in [-0.15, -0.1) is 15.0 Å². The monoisotopic (exact) mass is 575 g/mol. The van der Waals surface area contributed by atoms with Crippen LogP contribution in [0.2, 0.25) is 0 Å². The van der Waals surface area contributed by atoms with Crippen molar-refractivity contribution >= 4 is 15.7 Å². The van der Waals surface area contributed by atoms with E-state index in [2.05, 4.69) is 30.4 Å². The molecule has 0 saturated heterocycles. The van der Waals surface area contributed by atoms with Gasteiger partial charge in [-0.2, -0.15) is 0 Å². The molecular weight excluding hydrogens is 538 g/mol. The number of aryl methyl sites for hydroxylation is 1. The molecule has 1 atom stereocenters. The van der Waals surface area contributed by atoms with Gasteiger partial charge in [-0.05, 0) is 78.5 Å². The highest BCUT2D eigenvalue weighted by Gasteiger charge is 2.17. The number of pyridine rings is 1. The second-order valence-electron chi connectivity index (χ2n) is 10.6. The van der Waals surface area contributed by atoms with Crippen LogP contribution >= 0.6 is 0 Å². The van der Waals surface area contributed by atoms with E-state index in [1.165, 1.54) is 36.9 Å². The number of aliphatic hydroxyl groups excluding tert-OH is 1. The van der Waals surface area contributed by atoms with E-state index in [0.717, 1.165) is 36.3 Å². The van der Waals surface area contributed by atoms with Crippen LogP contribution in [0.4, 0.5) is 5.69 Å². The molecule has 3 N–H and O–H groups in total. The van der Waals surface area contributed by atoms with Crippen LogP contribution in [0.1, 0.15) is 61.6 Å². The Hall–Kier alpha value is -3.67. The van der Waals surface area contributed by atoms with E-state index < -0.39 is 16.1 Å². The van der Waals surface area contributed by atoms with Gasteiger partial charge in [0.25, 0.3) is 10.0 Å². The van der Waals surface area contributed by atoms with Gasteiger partial charge >= 0.3 is 0 Å². The van der Waals surface area contributed by atoms with Crippen LogP contribution in [0.3, 0.4) is 0 Å². The van der Waals surface area contributed by atoms with Crippen molar-refractivity contribution in [1.82, 2.24) is 30.5 Å². The summed E-state index contributed by atoms with van der Waals surface area (Å²) in [6, 6.07) is 17.4. The Morgan fingerprint density at radius 1 is 1.00 bits per heavy atom. The van der Waals surface area contributed by atoms with Gasteiger partial charge in [0.05, 0.1) is 16.7 Å². The number of anilines is 1. The standard InChI is InChI=1S/C30H37N7O3S/c38-29(25-8-4-19-31-21-25)22-32-20-18-24-10-12-26(13-11-24)35-41(39,40)28-16-14-27(15-17-28)37-34-30(33-36-37)9-3-7-23-5-1-2-6-23/h4,8,10-17,19,21,23,29,32,35,38H,1-3,5-7,9,18,20,22H2. The number of nitrogens with zero attached hydrogens (tertiary/aromatic N) is 5. The van der Waals surface area contributed by atoms with Crippen LogP contribution < -0.4 is 10.0 Å². The molecule has 1 aliphatic rings. The summed E-state index contributed by atoms with van der Waals surface area (Å²) in [7, 11) is -3.76. The fourth-order valence-corrected chi connectivity index (χ4v) is 6.23. The molecule has 1 fully saturated rings. The molecule has 1 unspecified atom stereocenters. The van der Waals surface area contributed by atoms with E-state index >= 15 is 0 Å². The lowest BCUT2D eigenvalue weighted by atomic mass is 10.0. The molecule has 1 aliphatic carbocycles. The summed E-state index contributed by atoms with van der Waals surface area (Å²) >= 11 is 0. The number of aliphatic hydroxyl groups is 1. The molecule has 0 spiro atoms. The molecule has 2 aromatic carbocycles. The summed E-state index contributed by atoms with van der Waals surface area (Å²) in [6.07, 6.45) is 11.9. The number of benzene rings is 2. The zero-order valence-electron chi connectivity index (χ0n) is 23.1. The summed E-state index contributed by atoms with van der Waals surface area (Å²) in [5.74, 6) is 1.56.